The van der Waals surface area contributed by atoms with E-state index < -0.39 is 0 Å². The largest absolute Gasteiger partial charge is 0.456 e. The van der Waals surface area contributed by atoms with Crippen molar-refractivity contribution in [1.29, 1.82) is 0 Å². The predicted octanol–water partition coefficient (Wildman–Crippen LogP) is 13.8. The van der Waals surface area contributed by atoms with Crippen molar-refractivity contribution in [1.82, 2.24) is 0 Å². The Hall–Kier alpha value is -6.64. The lowest BCUT2D eigenvalue weighted by molar-refractivity contribution is 0.669. The molecule has 9 aromatic carbocycles. The van der Waals surface area contributed by atoms with Crippen LogP contribution in [0.15, 0.2) is 192 Å². The zero-order chi connectivity index (χ0) is 33.0. The van der Waals surface area contributed by atoms with Crippen LogP contribution in [0.5, 0.6) is 0 Å². The van der Waals surface area contributed by atoms with Crippen LogP contribution in [-0.2, 0) is 0 Å². The maximum atomic E-state index is 6.37. The maximum Gasteiger partial charge on any atom is 0.136 e. The highest BCUT2D eigenvalue weighted by Crippen LogP contribution is 2.41. The number of nitrogens with zero attached hydrogens (tertiary/aromatic N) is 1. The lowest BCUT2D eigenvalue weighted by Crippen LogP contribution is -2.09. The third-order valence-corrected chi connectivity index (χ3v) is 10.00. The van der Waals surface area contributed by atoms with Gasteiger partial charge in [0.25, 0.3) is 0 Å². The molecule has 0 aliphatic carbocycles. The fraction of sp³-hybridized carbons (Fsp3) is 0. The molecule has 2 heteroatoms. The maximum absolute atomic E-state index is 6.37. The average molecular weight is 638 g/mol. The highest BCUT2D eigenvalue weighted by Gasteiger charge is 2.17. The molecule has 234 valence electrons. The summed E-state index contributed by atoms with van der Waals surface area (Å²) in [5.41, 5.74) is 9.89. The van der Waals surface area contributed by atoms with Crippen molar-refractivity contribution in [2.24, 2.45) is 0 Å². The van der Waals surface area contributed by atoms with Crippen molar-refractivity contribution in [3.63, 3.8) is 0 Å². The van der Waals surface area contributed by atoms with Crippen LogP contribution in [0.2, 0.25) is 0 Å². The van der Waals surface area contributed by atoms with Gasteiger partial charge in [0.2, 0.25) is 0 Å². The van der Waals surface area contributed by atoms with E-state index in [-0.39, 0.29) is 0 Å². The fourth-order valence-corrected chi connectivity index (χ4v) is 7.38. The second kappa shape index (κ2) is 11.5. The number of hydrogen-bond acceptors (Lipinski definition) is 2. The van der Waals surface area contributed by atoms with Gasteiger partial charge in [-0.05, 0) is 115 Å². The number of anilines is 3. The zero-order valence-corrected chi connectivity index (χ0v) is 27.3. The Labute approximate surface area is 290 Å². The molecule has 1 aromatic heterocycles. The predicted molar refractivity (Wildman–Crippen MR) is 212 cm³/mol. The van der Waals surface area contributed by atoms with Crippen molar-refractivity contribution in [2.75, 3.05) is 4.90 Å². The van der Waals surface area contributed by atoms with Gasteiger partial charge in [-0.2, -0.15) is 0 Å². The first-order chi connectivity index (χ1) is 24.7. The lowest BCUT2D eigenvalue weighted by Gasteiger charge is -2.26. The Morgan fingerprint density at radius 3 is 1.40 bits per heavy atom. The molecule has 0 fully saturated rings. The van der Waals surface area contributed by atoms with Crippen LogP contribution in [0.1, 0.15) is 0 Å². The quantitative estimate of drug-likeness (QED) is 0.187. The van der Waals surface area contributed by atoms with Gasteiger partial charge >= 0.3 is 0 Å². The number of rotatable bonds is 5. The van der Waals surface area contributed by atoms with Gasteiger partial charge in [0, 0.05) is 27.8 Å². The first kappa shape index (κ1) is 28.4. The molecule has 0 amide bonds. The normalized spacial score (nSPS) is 11.6. The van der Waals surface area contributed by atoms with E-state index in [1.807, 2.05) is 0 Å². The van der Waals surface area contributed by atoms with Gasteiger partial charge in [0.1, 0.15) is 11.2 Å². The topological polar surface area (TPSA) is 16.4 Å². The third-order valence-electron chi connectivity index (χ3n) is 10.00. The molecule has 0 N–H and O–H groups in total. The second-order valence-electron chi connectivity index (χ2n) is 13.0. The molecule has 0 unspecified atom stereocenters. The summed E-state index contributed by atoms with van der Waals surface area (Å²) in [6.45, 7) is 0. The third kappa shape index (κ3) is 4.89. The minimum atomic E-state index is 0.889. The van der Waals surface area contributed by atoms with Crippen LogP contribution < -0.4 is 4.90 Å². The van der Waals surface area contributed by atoms with Gasteiger partial charge in [-0.1, -0.05) is 127 Å². The minimum absolute atomic E-state index is 0.889. The molecule has 2 nitrogen and oxygen atoms in total. The summed E-state index contributed by atoms with van der Waals surface area (Å²) in [6.07, 6.45) is 0. The van der Waals surface area contributed by atoms with E-state index in [0.717, 1.165) is 39.0 Å². The van der Waals surface area contributed by atoms with Gasteiger partial charge in [-0.3, -0.25) is 0 Å². The van der Waals surface area contributed by atoms with Gasteiger partial charge in [-0.25, -0.2) is 0 Å². The first-order valence-electron chi connectivity index (χ1n) is 17.1. The molecule has 0 aliphatic rings. The number of benzene rings is 9. The molecule has 0 saturated heterocycles. The molecule has 1 heterocycles. The lowest BCUT2D eigenvalue weighted by atomic mass is 9.98. The summed E-state index contributed by atoms with van der Waals surface area (Å²) in [4.78, 5) is 2.35. The van der Waals surface area contributed by atoms with Crippen LogP contribution >= 0.6 is 0 Å². The highest BCUT2D eigenvalue weighted by molar-refractivity contribution is 6.11. The van der Waals surface area contributed by atoms with Crippen LogP contribution in [0.25, 0.3) is 76.5 Å². The Morgan fingerprint density at radius 2 is 0.720 bits per heavy atom. The van der Waals surface area contributed by atoms with Crippen molar-refractivity contribution >= 4 is 71.3 Å². The summed E-state index contributed by atoms with van der Waals surface area (Å²) in [6, 6.07) is 67.7. The van der Waals surface area contributed by atoms with Gasteiger partial charge in [0.05, 0.1) is 0 Å². The fourth-order valence-electron chi connectivity index (χ4n) is 7.38. The minimum Gasteiger partial charge on any atom is -0.456 e. The average Bonchev–Trinajstić information content (AvgIpc) is 3.54. The summed E-state index contributed by atoms with van der Waals surface area (Å²) in [5.74, 6) is 0. The van der Waals surface area contributed by atoms with Gasteiger partial charge in [0.15, 0.2) is 0 Å². The van der Waals surface area contributed by atoms with E-state index in [1.54, 1.807) is 0 Å². The van der Waals surface area contributed by atoms with E-state index in [4.69, 9.17) is 4.42 Å². The van der Waals surface area contributed by atoms with Gasteiger partial charge < -0.3 is 9.32 Å². The smallest absolute Gasteiger partial charge is 0.136 e. The summed E-state index contributed by atoms with van der Waals surface area (Å²) >= 11 is 0. The molecular formula is C48H31NO. The van der Waals surface area contributed by atoms with E-state index in [1.165, 1.54) is 54.6 Å². The molecule has 0 aliphatic heterocycles. The monoisotopic (exact) mass is 637 g/mol. The Morgan fingerprint density at radius 1 is 0.280 bits per heavy atom. The first-order valence-corrected chi connectivity index (χ1v) is 17.1. The van der Waals surface area contributed by atoms with Crippen LogP contribution in [0.3, 0.4) is 0 Å². The molecule has 0 radical (unpaired) electrons. The molecule has 0 spiro atoms. The Balaban J connectivity index is 1.05. The van der Waals surface area contributed by atoms with Crippen LogP contribution in [-0.4, -0.2) is 0 Å². The molecular weight excluding hydrogens is 607 g/mol. The van der Waals surface area contributed by atoms with Crippen LogP contribution in [0.4, 0.5) is 17.1 Å². The number of furan rings is 1. The van der Waals surface area contributed by atoms with E-state index in [9.17, 15) is 0 Å². The number of hydrogen-bond donors (Lipinski definition) is 0. The zero-order valence-electron chi connectivity index (χ0n) is 27.3. The van der Waals surface area contributed by atoms with Crippen molar-refractivity contribution in [2.45, 2.75) is 0 Å². The molecule has 10 rings (SSSR count). The second-order valence-corrected chi connectivity index (χ2v) is 13.0. The molecule has 10 aromatic rings. The van der Waals surface area contributed by atoms with E-state index in [2.05, 4.69) is 193 Å². The summed E-state index contributed by atoms with van der Waals surface area (Å²) < 4.78 is 6.37. The van der Waals surface area contributed by atoms with Crippen LogP contribution in [0, 0.1) is 0 Å². The summed E-state index contributed by atoms with van der Waals surface area (Å²) in [7, 11) is 0. The Bertz CT molecular complexity index is 2860. The number of fused-ring (bicyclic) bond motifs is 6. The van der Waals surface area contributed by atoms with Crippen molar-refractivity contribution in [3.8, 4) is 22.3 Å². The molecule has 0 saturated carbocycles. The van der Waals surface area contributed by atoms with Crippen molar-refractivity contribution in [3.05, 3.63) is 188 Å². The van der Waals surface area contributed by atoms with Crippen molar-refractivity contribution < 1.29 is 4.42 Å². The van der Waals surface area contributed by atoms with E-state index in [0.29, 0.717) is 0 Å². The highest BCUT2D eigenvalue weighted by atomic mass is 16.3. The molecule has 0 bridgehead atoms. The standard InChI is InChI=1S/C48H31NO/c1-3-9-37-27-41(18-17-32(37)7-1)36-15-13-34(14-16-36)35-19-22-42(23-20-35)49(43-24-21-33-8-2-4-10-38(33)28-43)44-25-26-47-46(31-44)45-29-39-11-5-6-12-40(39)30-48(45)50-47/h1-31H. The SMILES string of the molecule is c1ccc2cc(-c3ccc(-c4ccc(N(c5ccc6ccccc6c5)c5ccc6oc7cc8ccccc8cc7c6c5)cc4)cc3)ccc2c1. The van der Waals surface area contributed by atoms with E-state index >= 15 is 0 Å². The van der Waals surface area contributed by atoms with Gasteiger partial charge in [-0.15, -0.1) is 0 Å². The molecule has 50 heavy (non-hydrogen) atoms. The summed E-state index contributed by atoms with van der Waals surface area (Å²) in [5, 5.41) is 9.58. The Kier molecular flexibility index (Phi) is 6.53. The molecule has 0 atom stereocenters.